The molecule has 0 aromatic rings. The summed E-state index contributed by atoms with van der Waals surface area (Å²) in [7, 11) is -2.00. The monoisotopic (exact) mass is 218 g/mol. The fourth-order valence-corrected chi connectivity index (χ4v) is 5.55. The van der Waals surface area contributed by atoms with Crippen LogP contribution in [0.3, 0.4) is 0 Å². The third kappa shape index (κ3) is 2.81. The normalized spacial score (nSPS) is 13.3. The van der Waals surface area contributed by atoms with Gasteiger partial charge in [-0.05, 0) is 26.3 Å². The van der Waals surface area contributed by atoms with E-state index in [1.165, 1.54) is 0 Å². The molecule has 0 spiro atoms. The van der Waals surface area contributed by atoms with Crippen molar-refractivity contribution in [3.63, 3.8) is 0 Å². The van der Waals surface area contributed by atoms with Gasteiger partial charge in [0.15, 0.2) is 0 Å². The lowest BCUT2D eigenvalue weighted by Crippen LogP contribution is -2.50. The van der Waals surface area contributed by atoms with Gasteiger partial charge in [0.1, 0.15) is 0 Å². The molecule has 0 aromatic carbocycles. The summed E-state index contributed by atoms with van der Waals surface area (Å²) in [5.41, 5.74) is 0. The average molecular weight is 218 g/mol. The molecule has 0 N–H and O–H groups in total. The molecule has 0 radical (unpaired) electrons. The second kappa shape index (κ2) is 5.88. The molecule has 0 saturated heterocycles. The fraction of sp³-hybridized carbons (Fsp3) is 1.00. The number of hydrogen-bond acceptors (Lipinski definition) is 2. The molecule has 14 heavy (non-hydrogen) atoms. The van der Waals surface area contributed by atoms with Crippen molar-refractivity contribution in [2.24, 2.45) is 0 Å². The summed E-state index contributed by atoms with van der Waals surface area (Å²) >= 11 is 0. The van der Waals surface area contributed by atoms with Gasteiger partial charge in [-0.1, -0.05) is 27.7 Å². The third-order valence-corrected chi connectivity index (χ3v) is 7.99. The summed E-state index contributed by atoms with van der Waals surface area (Å²) < 4.78 is 12.0. The molecule has 0 unspecified atom stereocenters. The van der Waals surface area contributed by atoms with Crippen molar-refractivity contribution in [3.8, 4) is 0 Å². The second-order valence-electron chi connectivity index (χ2n) is 4.21. The molecule has 0 heterocycles. The minimum Gasteiger partial charge on any atom is -0.394 e. The van der Waals surface area contributed by atoms with Crippen LogP contribution in [0.4, 0.5) is 0 Å². The molecule has 2 nitrogen and oxygen atoms in total. The van der Waals surface area contributed by atoms with Gasteiger partial charge < -0.3 is 8.85 Å². The van der Waals surface area contributed by atoms with Crippen LogP contribution in [0.15, 0.2) is 0 Å². The van der Waals surface area contributed by atoms with Crippen LogP contribution >= 0.6 is 0 Å². The Morgan fingerprint density at radius 2 is 1.36 bits per heavy atom. The Labute approximate surface area is 90.2 Å². The first kappa shape index (κ1) is 14.1. The van der Waals surface area contributed by atoms with Crippen LogP contribution in [0.1, 0.15) is 48.0 Å². The lowest BCUT2D eigenvalue weighted by atomic mass is 10.1. The largest absolute Gasteiger partial charge is 0.394 e. The summed E-state index contributed by atoms with van der Waals surface area (Å²) in [6.45, 7) is 14.6. The standard InChI is InChI=1S/C11H26O2Si/c1-7-11(5,6)14(10-4,12-8-2)13-9-3/h7-10H2,1-6H3. The van der Waals surface area contributed by atoms with Crippen LogP contribution < -0.4 is 0 Å². The topological polar surface area (TPSA) is 18.5 Å². The van der Waals surface area contributed by atoms with Gasteiger partial charge in [0, 0.05) is 18.3 Å². The summed E-state index contributed by atoms with van der Waals surface area (Å²) in [4.78, 5) is 0. The Morgan fingerprint density at radius 3 is 1.57 bits per heavy atom. The summed E-state index contributed by atoms with van der Waals surface area (Å²) in [5.74, 6) is 0. The maximum Gasteiger partial charge on any atom is 0.343 e. The van der Waals surface area contributed by atoms with Crippen LogP contribution in [-0.4, -0.2) is 21.8 Å². The van der Waals surface area contributed by atoms with Crippen LogP contribution in [0.2, 0.25) is 11.1 Å². The molecule has 0 amide bonds. The molecule has 0 atom stereocenters. The van der Waals surface area contributed by atoms with E-state index < -0.39 is 8.56 Å². The maximum atomic E-state index is 5.99. The molecule has 0 rings (SSSR count). The van der Waals surface area contributed by atoms with Gasteiger partial charge in [-0.15, -0.1) is 0 Å². The zero-order valence-electron chi connectivity index (χ0n) is 10.6. The number of hydrogen-bond donors (Lipinski definition) is 0. The van der Waals surface area contributed by atoms with Crippen molar-refractivity contribution in [3.05, 3.63) is 0 Å². The molecular weight excluding hydrogens is 192 g/mol. The highest BCUT2D eigenvalue weighted by Gasteiger charge is 2.49. The highest BCUT2D eigenvalue weighted by molar-refractivity contribution is 6.70. The maximum absolute atomic E-state index is 5.99. The zero-order valence-corrected chi connectivity index (χ0v) is 11.6. The zero-order chi connectivity index (χ0) is 11.2. The molecule has 0 bridgehead atoms. The van der Waals surface area contributed by atoms with Gasteiger partial charge in [-0.25, -0.2) is 0 Å². The lowest BCUT2D eigenvalue weighted by molar-refractivity contribution is 0.157. The minimum atomic E-state index is -2.00. The molecule has 0 aliphatic rings. The van der Waals surface area contributed by atoms with Gasteiger partial charge in [0.2, 0.25) is 0 Å². The fourth-order valence-electron chi connectivity index (χ4n) is 1.85. The second-order valence-corrected chi connectivity index (χ2v) is 8.35. The molecule has 0 aliphatic heterocycles. The Kier molecular flexibility index (Phi) is 5.94. The molecule has 0 aromatic heterocycles. The van der Waals surface area contributed by atoms with Crippen molar-refractivity contribution in [1.29, 1.82) is 0 Å². The Balaban J connectivity index is 4.80. The molecule has 86 valence electrons. The quantitative estimate of drug-likeness (QED) is 0.606. The molecule has 3 heteroatoms. The van der Waals surface area contributed by atoms with Crippen LogP contribution in [0.5, 0.6) is 0 Å². The van der Waals surface area contributed by atoms with Gasteiger partial charge in [-0.2, -0.15) is 0 Å². The SMILES string of the molecule is CCO[Si](CC)(OCC)C(C)(C)CC. The smallest absolute Gasteiger partial charge is 0.343 e. The van der Waals surface area contributed by atoms with Crippen LogP contribution in [0, 0.1) is 0 Å². The summed E-state index contributed by atoms with van der Waals surface area (Å²) in [6, 6.07) is 1.04. The van der Waals surface area contributed by atoms with E-state index in [1.807, 2.05) is 0 Å². The molecule has 0 saturated carbocycles. The summed E-state index contributed by atoms with van der Waals surface area (Å²) in [5, 5.41) is 0.202. The minimum absolute atomic E-state index is 0.202. The molecule has 0 fully saturated rings. The van der Waals surface area contributed by atoms with Crippen molar-refractivity contribution >= 4 is 8.56 Å². The average Bonchev–Trinajstić information content (AvgIpc) is 2.17. The molecular formula is C11H26O2Si. The predicted octanol–water partition coefficient (Wildman–Crippen LogP) is 3.71. The number of rotatable bonds is 7. The van der Waals surface area contributed by atoms with Crippen molar-refractivity contribution in [1.82, 2.24) is 0 Å². The van der Waals surface area contributed by atoms with E-state index in [1.54, 1.807) is 0 Å². The van der Waals surface area contributed by atoms with Gasteiger partial charge >= 0.3 is 8.56 Å². The highest BCUT2D eigenvalue weighted by Crippen LogP contribution is 2.43. The van der Waals surface area contributed by atoms with E-state index in [9.17, 15) is 0 Å². The van der Waals surface area contributed by atoms with E-state index >= 15 is 0 Å². The van der Waals surface area contributed by atoms with Crippen LogP contribution in [-0.2, 0) is 8.85 Å². The van der Waals surface area contributed by atoms with Crippen LogP contribution in [0.25, 0.3) is 0 Å². The lowest BCUT2D eigenvalue weighted by Gasteiger charge is -2.41. The molecule has 0 aliphatic carbocycles. The van der Waals surface area contributed by atoms with Crippen molar-refractivity contribution in [2.45, 2.75) is 59.0 Å². The Bertz CT molecular complexity index is 151. The van der Waals surface area contributed by atoms with E-state index in [0.29, 0.717) is 0 Å². The first-order valence-corrected chi connectivity index (χ1v) is 7.79. The van der Waals surface area contributed by atoms with E-state index in [2.05, 4.69) is 41.5 Å². The van der Waals surface area contributed by atoms with Gasteiger partial charge in [0.25, 0.3) is 0 Å². The third-order valence-electron chi connectivity index (χ3n) is 3.14. The Hall–Kier alpha value is 0.137. The highest BCUT2D eigenvalue weighted by atomic mass is 28.4. The summed E-state index contributed by atoms with van der Waals surface area (Å²) in [6.07, 6.45) is 1.12. The first-order chi connectivity index (χ1) is 6.49. The van der Waals surface area contributed by atoms with Crippen molar-refractivity contribution < 1.29 is 8.85 Å². The van der Waals surface area contributed by atoms with E-state index in [0.717, 1.165) is 25.7 Å². The van der Waals surface area contributed by atoms with Gasteiger partial charge in [0.05, 0.1) is 0 Å². The Morgan fingerprint density at radius 1 is 0.929 bits per heavy atom. The predicted molar refractivity (Wildman–Crippen MR) is 63.8 cm³/mol. The van der Waals surface area contributed by atoms with Crippen molar-refractivity contribution in [2.75, 3.05) is 13.2 Å². The van der Waals surface area contributed by atoms with Gasteiger partial charge in [-0.3, -0.25) is 0 Å². The van der Waals surface area contributed by atoms with E-state index in [4.69, 9.17) is 8.85 Å². The first-order valence-electron chi connectivity index (χ1n) is 5.77. The van der Waals surface area contributed by atoms with E-state index in [-0.39, 0.29) is 5.04 Å².